The van der Waals surface area contributed by atoms with Crippen LogP contribution in [0.1, 0.15) is 31.4 Å². The molecule has 2 rings (SSSR count). The van der Waals surface area contributed by atoms with Crippen LogP contribution in [0.15, 0.2) is 12.1 Å². The third kappa shape index (κ3) is 3.14. The number of halogens is 1. The monoisotopic (exact) mass is 240 g/mol. The van der Waals surface area contributed by atoms with E-state index in [4.69, 9.17) is 17.3 Å². The molecule has 1 aromatic rings. The van der Waals surface area contributed by atoms with Gasteiger partial charge in [-0.3, -0.25) is 0 Å². The molecule has 3 N–H and O–H groups in total. The highest BCUT2D eigenvalue weighted by Crippen LogP contribution is 2.17. The van der Waals surface area contributed by atoms with Crippen molar-refractivity contribution in [3.63, 3.8) is 0 Å². The zero-order valence-corrected chi connectivity index (χ0v) is 9.95. The zero-order valence-electron chi connectivity index (χ0n) is 9.19. The van der Waals surface area contributed by atoms with Crippen LogP contribution in [-0.2, 0) is 6.54 Å². The van der Waals surface area contributed by atoms with Crippen molar-refractivity contribution in [2.24, 2.45) is 5.73 Å². The van der Waals surface area contributed by atoms with E-state index in [2.05, 4.69) is 15.5 Å². The van der Waals surface area contributed by atoms with Crippen LogP contribution in [0.25, 0.3) is 0 Å². The second-order valence-electron chi connectivity index (χ2n) is 4.28. The van der Waals surface area contributed by atoms with Gasteiger partial charge in [0.05, 0.1) is 5.69 Å². The second-order valence-corrected chi connectivity index (χ2v) is 4.67. The van der Waals surface area contributed by atoms with E-state index in [1.54, 1.807) is 6.07 Å². The number of hydrogen-bond acceptors (Lipinski definition) is 4. The lowest BCUT2D eigenvalue weighted by atomic mass is 9.91. The minimum Gasteiger partial charge on any atom is -0.326 e. The Morgan fingerprint density at radius 1 is 1.31 bits per heavy atom. The molecule has 0 spiro atoms. The predicted molar refractivity (Wildman–Crippen MR) is 64.1 cm³/mol. The molecular weight excluding hydrogens is 224 g/mol. The molecule has 1 heterocycles. The van der Waals surface area contributed by atoms with Crippen LogP contribution in [0, 0.1) is 0 Å². The molecule has 0 aliphatic heterocycles. The zero-order chi connectivity index (χ0) is 11.4. The Morgan fingerprint density at radius 2 is 2.12 bits per heavy atom. The van der Waals surface area contributed by atoms with Crippen molar-refractivity contribution in [2.75, 3.05) is 0 Å². The van der Waals surface area contributed by atoms with Gasteiger partial charge in [-0.25, -0.2) is 0 Å². The molecule has 1 aliphatic carbocycles. The highest BCUT2D eigenvalue weighted by atomic mass is 35.5. The fraction of sp³-hybridized carbons (Fsp3) is 0.636. The first kappa shape index (κ1) is 11.8. The fourth-order valence-corrected chi connectivity index (χ4v) is 2.19. The maximum absolute atomic E-state index is 6.05. The molecule has 2 atom stereocenters. The lowest BCUT2D eigenvalue weighted by Gasteiger charge is -2.29. The van der Waals surface area contributed by atoms with Gasteiger partial charge in [0.25, 0.3) is 0 Å². The highest BCUT2D eigenvalue weighted by Gasteiger charge is 2.20. The number of aromatic nitrogens is 2. The van der Waals surface area contributed by atoms with Gasteiger partial charge in [0.2, 0.25) is 0 Å². The average Bonchev–Trinajstić information content (AvgIpc) is 2.30. The molecule has 1 aliphatic rings. The molecular formula is C11H17ClN4. The normalized spacial score (nSPS) is 25.6. The first-order valence-corrected chi connectivity index (χ1v) is 6.10. The molecule has 0 unspecified atom stereocenters. The van der Waals surface area contributed by atoms with E-state index in [1.165, 1.54) is 12.8 Å². The van der Waals surface area contributed by atoms with E-state index < -0.39 is 0 Å². The van der Waals surface area contributed by atoms with Crippen molar-refractivity contribution in [1.29, 1.82) is 0 Å². The van der Waals surface area contributed by atoms with E-state index in [1.807, 2.05) is 6.07 Å². The third-order valence-electron chi connectivity index (χ3n) is 3.05. The summed E-state index contributed by atoms with van der Waals surface area (Å²) in [5.41, 5.74) is 6.95. The largest absolute Gasteiger partial charge is 0.326 e. The summed E-state index contributed by atoms with van der Waals surface area (Å²) in [5, 5.41) is 11.7. The van der Waals surface area contributed by atoms with Gasteiger partial charge >= 0.3 is 0 Å². The maximum atomic E-state index is 6.05. The number of nitrogens with two attached hydrogens (primary N) is 1. The molecule has 1 saturated carbocycles. The van der Waals surface area contributed by atoms with Crippen molar-refractivity contribution in [1.82, 2.24) is 15.5 Å². The van der Waals surface area contributed by atoms with Crippen LogP contribution in [0.3, 0.4) is 0 Å². The number of nitrogens with one attached hydrogen (secondary N) is 1. The van der Waals surface area contributed by atoms with Crippen LogP contribution in [0.2, 0.25) is 5.15 Å². The van der Waals surface area contributed by atoms with Gasteiger partial charge in [-0.1, -0.05) is 24.4 Å². The summed E-state index contributed by atoms with van der Waals surface area (Å²) in [4.78, 5) is 0. The number of rotatable bonds is 3. The summed E-state index contributed by atoms with van der Waals surface area (Å²) >= 11 is 5.67. The molecule has 0 amide bonds. The summed E-state index contributed by atoms with van der Waals surface area (Å²) in [6.45, 7) is 0.711. The van der Waals surface area contributed by atoms with E-state index in [-0.39, 0.29) is 6.04 Å². The van der Waals surface area contributed by atoms with Crippen LogP contribution < -0.4 is 11.1 Å². The Hall–Kier alpha value is -0.710. The SMILES string of the molecule is N[C@@H]1CCCC[C@H]1NCc1ccc(Cl)nn1. The molecule has 88 valence electrons. The Kier molecular flexibility index (Phi) is 4.09. The summed E-state index contributed by atoms with van der Waals surface area (Å²) in [6.07, 6.45) is 4.78. The van der Waals surface area contributed by atoms with Gasteiger partial charge in [0, 0.05) is 18.6 Å². The van der Waals surface area contributed by atoms with E-state index in [0.29, 0.717) is 17.7 Å². The number of nitrogens with zero attached hydrogens (tertiary/aromatic N) is 2. The van der Waals surface area contributed by atoms with E-state index in [0.717, 1.165) is 18.5 Å². The van der Waals surface area contributed by atoms with Gasteiger partial charge < -0.3 is 11.1 Å². The quantitative estimate of drug-likeness (QED) is 0.840. The summed E-state index contributed by atoms with van der Waals surface area (Å²) < 4.78 is 0. The summed E-state index contributed by atoms with van der Waals surface area (Å²) in [6, 6.07) is 4.32. The molecule has 1 aromatic heterocycles. The topological polar surface area (TPSA) is 63.8 Å². The van der Waals surface area contributed by atoms with E-state index >= 15 is 0 Å². The summed E-state index contributed by atoms with van der Waals surface area (Å²) in [7, 11) is 0. The van der Waals surface area contributed by atoms with Gasteiger partial charge in [-0.2, -0.15) is 5.10 Å². The molecule has 4 nitrogen and oxygen atoms in total. The van der Waals surface area contributed by atoms with Gasteiger partial charge in [-0.05, 0) is 25.0 Å². The Bertz CT molecular complexity index is 327. The first-order valence-electron chi connectivity index (χ1n) is 5.73. The molecule has 0 saturated heterocycles. The average molecular weight is 241 g/mol. The van der Waals surface area contributed by atoms with Crippen LogP contribution in [-0.4, -0.2) is 22.3 Å². The fourth-order valence-electron chi connectivity index (χ4n) is 2.09. The minimum absolute atomic E-state index is 0.272. The van der Waals surface area contributed by atoms with Crippen molar-refractivity contribution >= 4 is 11.6 Å². The first-order chi connectivity index (χ1) is 7.75. The van der Waals surface area contributed by atoms with Gasteiger partial charge in [-0.15, -0.1) is 5.10 Å². The van der Waals surface area contributed by atoms with E-state index in [9.17, 15) is 0 Å². The van der Waals surface area contributed by atoms with Gasteiger partial charge in [0.1, 0.15) is 0 Å². The van der Waals surface area contributed by atoms with Crippen LogP contribution >= 0.6 is 11.6 Å². The molecule has 1 fully saturated rings. The Balaban J connectivity index is 1.84. The second kappa shape index (κ2) is 5.57. The molecule has 16 heavy (non-hydrogen) atoms. The van der Waals surface area contributed by atoms with Crippen molar-refractivity contribution in [2.45, 2.75) is 44.3 Å². The standard InChI is InChI=1S/C11H17ClN4/c12-11-6-5-8(15-16-11)7-14-10-4-2-1-3-9(10)13/h5-6,9-10,14H,1-4,7,13H2/t9-,10-/m1/s1. The minimum atomic E-state index is 0.272. The summed E-state index contributed by atoms with van der Waals surface area (Å²) in [5.74, 6) is 0. The van der Waals surface area contributed by atoms with Crippen molar-refractivity contribution in [3.8, 4) is 0 Å². The van der Waals surface area contributed by atoms with Crippen LogP contribution in [0.4, 0.5) is 0 Å². The third-order valence-corrected chi connectivity index (χ3v) is 3.25. The van der Waals surface area contributed by atoms with Crippen molar-refractivity contribution < 1.29 is 0 Å². The molecule has 0 bridgehead atoms. The van der Waals surface area contributed by atoms with Crippen molar-refractivity contribution in [3.05, 3.63) is 23.0 Å². The predicted octanol–water partition coefficient (Wildman–Crippen LogP) is 1.49. The Morgan fingerprint density at radius 3 is 2.81 bits per heavy atom. The number of hydrogen-bond donors (Lipinski definition) is 2. The molecule has 0 aromatic carbocycles. The smallest absolute Gasteiger partial charge is 0.151 e. The Labute approximate surface area is 101 Å². The highest BCUT2D eigenvalue weighted by molar-refractivity contribution is 6.29. The molecule has 0 radical (unpaired) electrons. The maximum Gasteiger partial charge on any atom is 0.151 e. The van der Waals surface area contributed by atoms with Gasteiger partial charge in [0.15, 0.2) is 5.15 Å². The molecule has 5 heteroatoms. The lowest BCUT2D eigenvalue weighted by molar-refractivity contribution is 0.325. The lowest BCUT2D eigenvalue weighted by Crippen LogP contribution is -2.46. The van der Waals surface area contributed by atoms with Crippen LogP contribution in [0.5, 0.6) is 0 Å².